The molecule has 0 atom stereocenters. The van der Waals surface area contributed by atoms with Crippen LogP contribution in [-0.4, -0.2) is 52.9 Å². The second-order valence-electron chi connectivity index (χ2n) is 7.48. The summed E-state index contributed by atoms with van der Waals surface area (Å²) in [5.41, 5.74) is 2.74. The lowest BCUT2D eigenvalue weighted by Gasteiger charge is -2.34. The van der Waals surface area contributed by atoms with Gasteiger partial charge < -0.3 is 25.0 Å². The third kappa shape index (κ3) is 5.57. The molecule has 0 spiro atoms. The van der Waals surface area contributed by atoms with E-state index in [0.29, 0.717) is 6.04 Å². The molecule has 6 heteroatoms. The van der Waals surface area contributed by atoms with Gasteiger partial charge in [0.25, 0.3) is 0 Å². The summed E-state index contributed by atoms with van der Waals surface area (Å²) >= 11 is 0. The molecule has 1 aliphatic heterocycles. The predicted molar refractivity (Wildman–Crippen MR) is 116 cm³/mol. The van der Waals surface area contributed by atoms with E-state index in [2.05, 4.69) is 38.7 Å². The molecule has 0 amide bonds. The number of hydrogen-bond acceptors (Lipinski definition) is 4. The van der Waals surface area contributed by atoms with Crippen LogP contribution in [0.4, 0.5) is 5.69 Å². The van der Waals surface area contributed by atoms with Crippen molar-refractivity contribution in [2.45, 2.75) is 44.6 Å². The van der Waals surface area contributed by atoms with E-state index in [9.17, 15) is 0 Å². The van der Waals surface area contributed by atoms with Gasteiger partial charge in [-0.2, -0.15) is 0 Å². The fourth-order valence-corrected chi connectivity index (χ4v) is 3.95. The first-order valence-electron chi connectivity index (χ1n) is 10.3. The van der Waals surface area contributed by atoms with E-state index in [1.54, 1.807) is 19.8 Å². The fourth-order valence-electron chi connectivity index (χ4n) is 3.95. The number of nitrogens with one attached hydrogen (secondary N) is 2. The van der Waals surface area contributed by atoms with Crippen molar-refractivity contribution in [1.29, 1.82) is 0 Å². The van der Waals surface area contributed by atoms with Gasteiger partial charge >= 0.3 is 0 Å². The number of allylic oxidation sites excluding steroid dienone is 1. The lowest BCUT2D eigenvalue weighted by Crippen LogP contribution is -2.48. The van der Waals surface area contributed by atoms with Crippen molar-refractivity contribution in [2.75, 3.05) is 45.8 Å². The summed E-state index contributed by atoms with van der Waals surface area (Å²) in [5.74, 6) is 2.58. The van der Waals surface area contributed by atoms with Crippen molar-refractivity contribution in [1.82, 2.24) is 10.6 Å². The normalized spacial score (nSPS) is 18.0. The Morgan fingerprint density at radius 1 is 1.14 bits per heavy atom. The zero-order chi connectivity index (χ0) is 19.8. The molecule has 154 valence electrons. The molecular weight excluding hydrogens is 352 g/mol. The van der Waals surface area contributed by atoms with E-state index in [1.807, 2.05) is 13.1 Å². The van der Waals surface area contributed by atoms with Gasteiger partial charge in [-0.25, -0.2) is 0 Å². The second kappa shape index (κ2) is 10.2. The first-order chi connectivity index (χ1) is 13.7. The summed E-state index contributed by atoms with van der Waals surface area (Å²) in [6.45, 7) is 2.95. The zero-order valence-corrected chi connectivity index (χ0v) is 17.5. The highest BCUT2D eigenvalue weighted by molar-refractivity contribution is 5.80. The summed E-state index contributed by atoms with van der Waals surface area (Å²) in [6, 6.07) is 6.51. The minimum Gasteiger partial charge on any atom is -0.497 e. The zero-order valence-electron chi connectivity index (χ0n) is 17.5. The summed E-state index contributed by atoms with van der Waals surface area (Å²) in [6.07, 6.45) is 9.50. The number of nitrogens with zero attached hydrogens (tertiary/aromatic N) is 2. The van der Waals surface area contributed by atoms with Gasteiger partial charge in [-0.1, -0.05) is 11.6 Å². The van der Waals surface area contributed by atoms with Gasteiger partial charge in [0.05, 0.1) is 14.2 Å². The number of aliphatic imine (C=N–C) groups is 1. The third-order valence-corrected chi connectivity index (χ3v) is 5.63. The van der Waals surface area contributed by atoms with Crippen molar-refractivity contribution in [3.63, 3.8) is 0 Å². The van der Waals surface area contributed by atoms with Gasteiger partial charge in [0.2, 0.25) is 0 Å². The van der Waals surface area contributed by atoms with Gasteiger partial charge in [0.15, 0.2) is 5.96 Å². The highest BCUT2D eigenvalue weighted by Gasteiger charge is 2.21. The quantitative estimate of drug-likeness (QED) is 0.428. The van der Waals surface area contributed by atoms with Crippen LogP contribution in [-0.2, 0) is 0 Å². The lowest BCUT2D eigenvalue weighted by atomic mass is 10.0. The molecule has 28 heavy (non-hydrogen) atoms. The van der Waals surface area contributed by atoms with E-state index in [-0.39, 0.29) is 0 Å². The first-order valence-corrected chi connectivity index (χ1v) is 10.3. The van der Waals surface area contributed by atoms with Crippen LogP contribution in [0.5, 0.6) is 11.5 Å². The van der Waals surface area contributed by atoms with Gasteiger partial charge in [-0.3, -0.25) is 4.99 Å². The van der Waals surface area contributed by atoms with Crippen LogP contribution in [0.3, 0.4) is 0 Å². The van der Waals surface area contributed by atoms with Crippen molar-refractivity contribution in [3.8, 4) is 11.5 Å². The molecule has 1 saturated heterocycles. The standard InChI is InChI=1S/C22H34N4O2/c1-23-22(24-11-8-17-6-4-5-7-17)25-18-9-12-26(13-10-18)19-14-20(27-2)16-21(15-19)28-3/h6,14-16,18H,4-5,7-13H2,1-3H3,(H2,23,24,25). The van der Waals surface area contributed by atoms with Crippen LogP contribution >= 0.6 is 0 Å². The van der Waals surface area contributed by atoms with Gasteiger partial charge in [-0.15, -0.1) is 0 Å². The molecule has 0 aromatic heterocycles. The molecule has 1 heterocycles. The number of guanidine groups is 1. The van der Waals surface area contributed by atoms with Crippen LogP contribution in [0, 0.1) is 0 Å². The van der Waals surface area contributed by atoms with Crippen LogP contribution < -0.4 is 25.0 Å². The predicted octanol–water partition coefficient (Wildman–Crippen LogP) is 3.34. The summed E-state index contributed by atoms with van der Waals surface area (Å²) < 4.78 is 10.8. The van der Waals surface area contributed by atoms with Crippen molar-refractivity contribution >= 4 is 11.6 Å². The Balaban J connectivity index is 1.46. The average Bonchev–Trinajstić information content (AvgIpc) is 3.26. The van der Waals surface area contributed by atoms with Crippen LogP contribution in [0.2, 0.25) is 0 Å². The number of ether oxygens (including phenoxy) is 2. The topological polar surface area (TPSA) is 58.1 Å². The smallest absolute Gasteiger partial charge is 0.191 e. The number of hydrogen-bond donors (Lipinski definition) is 2. The monoisotopic (exact) mass is 386 g/mol. The molecule has 0 radical (unpaired) electrons. The molecule has 1 fully saturated rings. The Labute approximate surface area is 169 Å². The molecule has 2 N–H and O–H groups in total. The van der Waals surface area contributed by atoms with E-state index < -0.39 is 0 Å². The maximum atomic E-state index is 5.40. The second-order valence-corrected chi connectivity index (χ2v) is 7.48. The number of rotatable bonds is 7. The molecular formula is C22H34N4O2. The maximum absolute atomic E-state index is 5.40. The number of benzene rings is 1. The molecule has 1 aromatic rings. The number of methoxy groups -OCH3 is 2. The van der Waals surface area contributed by atoms with E-state index in [0.717, 1.165) is 62.0 Å². The van der Waals surface area contributed by atoms with Gasteiger partial charge in [0.1, 0.15) is 11.5 Å². The SMILES string of the molecule is CN=C(NCCC1=CCCC1)NC1CCN(c2cc(OC)cc(OC)c2)CC1. The maximum Gasteiger partial charge on any atom is 0.191 e. The molecule has 3 rings (SSSR count). The molecule has 1 aliphatic carbocycles. The summed E-state index contributed by atoms with van der Waals surface area (Å²) in [5, 5.41) is 7.06. The lowest BCUT2D eigenvalue weighted by molar-refractivity contribution is 0.393. The Kier molecular flexibility index (Phi) is 7.46. The Bertz CT molecular complexity index is 672. The van der Waals surface area contributed by atoms with Gasteiger partial charge in [-0.05, 0) is 38.5 Å². The number of anilines is 1. The first kappa shape index (κ1) is 20.4. The largest absolute Gasteiger partial charge is 0.497 e. The van der Waals surface area contributed by atoms with E-state index >= 15 is 0 Å². The van der Waals surface area contributed by atoms with E-state index in [1.165, 1.54) is 19.3 Å². The molecule has 1 aromatic carbocycles. The van der Waals surface area contributed by atoms with Crippen LogP contribution in [0.25, 0.3) is 0 Å². The average molecular weight is 387 g/mol. The Morgan fingerprint density at radius 3 is 2.43 bits per heavy atom. The molecule has 0 saturated carbocycles. The minimum atomic E-state index is 0.445. The summed E-state index contributed by atoms with van der Waals surface area (Å²) in [7, 11) is 5.23. The van der Waals surface area contributed by atoms with Crippen molar-refractivity contribution in [2.24, 2.45) is 4.99 Å². The summed E-state index contributed by atoms with van der Waals surface area (Å²) in [4.78, 5) is 6.79. The molecule has 0 bridgehead atoms. The van der Waals surface area contributed by atoms with Gasteiger partial charge in [0, 0.05) is 56.6 Å². The fraction of sp³-hybridized carbons (Fsp3) is 0.591. The van der Waals surface area contributed by atoms with Crippen molar-refractivity contribution in [3.05, 3.63) is 29.8 Å². The van der Waals surface area contributed by atoms with Crippen LogP contribution in [0.1, 0.15) is 38.5 Å². The molecule has 2 aliphatic rings. The minimum absolute atomic E-state index is 0.445. The number of piperidine rings is 1. The van der Waals surface area contributed by atoms with Crippen LogP contribution in [0.15, 0.2) is 34.8 Å². The third-order valence-electron chi connectivity index (χ3n) is 5.63. The molecule has 6 nitrogen and oxygen atoms in total. The Hall–Kier alpha value is -2.37. The highest BCUT2D eigenvalue weighted by atomic mass is 16.5. The van der Waals surface area contributed by atoms with Crippen molar-refractivity contribution < 1.29 is 9.47 Å². The highest BCUT2D eigenvalue weighted by Crippen LogP contribution is 2.30. The van der Waals surface area contributed by atoms with E-state index in [4.69, 9.17) is 9.47 Å². The Morgan fingerprint density at radius 2 is 1.86 bits per heavy atom. The molecule has 0 unspecified atom stereocenters.